The molecule has 0 fully saturated rings. The molecule has 7 nitrogen and oxygen atoms in total. The highest BCUT2D eigenvalue weighted by molar-refractivity contribution is 7.84. The number of hydrogen-bond donors (Lipinski definition) is 2. The summed E-state index contributed by atoms with van der Waals surface area (Å²) in [5.41, 5.74) is 7.45. The third kappa shape index (κ3) is 6.97. The number of aliphatic imine (C=N–C) groups is 1. The Labute approximate surface area is 213 Å². The van der Waals surface area contributed by atoms with Gasteiger partial charge in [0.2, 0.25) is 0 Å². The van der Waals surface area contributed by atoms with Crippen molar-refractivity contribution in [3.8, 4) is 11.5 Å². The van der Waals surface area contributed by atoms with Crippen molar-refractivity contribution < 1.29 is 18.1 Å². The number of hydrogen-bond acceptors (Lipinski definition) is 5. The van der Waals surface area contributed by atoms with Crippen molar-refractivity contribution in [2.45, 2.75) is 39.0 Å². The predicted octanol–water partition coefficient (Wildman–Crippen LogP) is 4.87. The van der Waals surface area contributed by atoms with Gasteiger partial charge in [0.25, 0.3) is 5.91 Å². The zero-order chi connectivity index (χ0) is 26.5. The Bertz CT molecular complexity index is 1360. The molecule has 3 N–H and O–H groups in total. The molecular formula is C27H31FN4O3S. The van der Waals surface area contributed by atoms with Crippen molar-refractivity contribution in [3.63, 3.8) is 0 Å². The molecule has 0 saturated carbocycles. The first-order chi connectivity index (χ1) is 17.0. The predicted molar refractivity (Wildman–Crippen MR) is 142 cm³/mol. The first-order valence-corrected chi connectivity index (χ1v) is 13.0. The number of allylic oxidation sites excluding steroid dienone is 1. The van der Waals surface area contributed by atoms with Gasteiger partial charge in [-0.05, 0) is 48.9 Å². The van der Waals surface area contributed by atoms with Gasteiger partial charge in [-0.2, -0.15) is 4.99 Å². The number of carbonyl (C=O) groups is 1. The number of nitrogens with zero attached hydrogens (tertiary/aromatic N) is 2. The molecule has 0 spiro atoms. The normalized spacial score (nSPS) is 13.5. The lowest BCUT2D eigenvalue weighted by molar-refractivity contribution is -0.117. The van der Waals surface area contributed by atoms with Crippen molar-refractivity contribution in [2.24, 2.45) is 16.1 Å². The van der Waals surface area contributed by atoms with Crippen LogP contribution < -0.4 is 15.8 Å². The average Bonchev–Trinajstić information content (AvgIpc) is 2.79. The molecule has 0 bridgehead atoms. The van der Waals surface area contributed by atoms with Gasteiger partial charge in [0.05, 0.1) is 11.9 Å². The van der Waals surface area contributed by atoms with Crippen LogP contribution in [0.5, 0.6) is 11.5 Å². The smallest absolute Gasteiger partial charge is 0.252 e. The average molecular weight is 511 g/mol. The lowest BCUT2D eigenvalue weighted by atomic mass is 9.91. The van der Waals surface area contributed by atoms with Gasteiger partial charge >= 0.3 is 0 Å². The summed E-state index contributed by atoms with van der Waals surface area (Å²) in [4.78, 5) is 21.3. The molecule has 0 radical (unpaired) electrons. The van der Waals surface area contributed by atoms with Crippen molar-refractivity contribution in [2.75, 3.05) is 12.8 Å². The maximum atomic E-state index is 14.8. The van der Waals surface area contributed by atoms with Crippen molar-refractivity contribution in [3.05, 3.63) is 71.8 Å². The van der Waals surface area contributed by atoms with Gasteiger partial charge < -0.3 is 15.8 Å². The molecule has 36 heavy (non-hydrogen) atoms. The monoisotopic (exact) mass is 510 g/mol. The summed E-state index contributed by atoms with van der Waals surface area (Å²) in [5.74, 6) is -0.382. The third-order valence-electron chi connectivity index (χ3n) is 5.32. The van der Waals surface area contributed by atoms with Crippen LogP contribution in [0.2, 0.25) is 0 Å². The fourth-order valence-electron chi connectivity index (χ4n) is 3.48. The fourth-order valence-corrected chi connectivity index (χ4v) is 4.02. The summed E-state index contributed by atoms with van der Waals surface area (Å²) < 4.78 is 32.6. The second-order valence-corrected chi connectivity index (χ2v) is 10.6. The number of pyridine rings is 1. The standard InChI is InChI=1S/C27H31FN4O3S/c1-6-30-24(27(2,3)4)16-25(29)32-26(33)13-17-7-8-18(14-21(17)28)35-23-11-12-31-22-10-9-19(36(5)34)15-20(22)23/h7-12,14-16,30H,6,13H2,1-5H3,(H2,29,32,33)/b24-16-. The summed E-state index contributed by atoms with van der Waals surface area (Å²) in [7, 11) is -1.17. The van der Waals surface area contributed by atoms with Crippen LogP contribution >= 0.6 is 0 Å². The molecule has 190 valence electrons. The van der Waals surface area contributed by atoms with E-state index in [1.807, 2.05) is 27.7 Å². The van der Waals surface area contributed by atoms with E-state index in [2.05, 4.69) is 15.3 Å². The maximum absolute atomic E-state index is 14.8. The zero-order valence-electron chi connectivity index (χ0n) is 21.1. The summed E-state index contributed by atoms with van der Waals surface area (Å²) in [5, 5.41) is 3.89. The number of aromatic nitrogens is 1. The first kappa shape index (κ1) is 27.0. The lowest BCUT2D eigenvalue weighted by Gasteiger charge is -2.23. The van der Waals surface area contributed by atoms with Crippen LogP contribution in [0, 0.1) is 11.2 Å². The highest BCUT2D eigenvalue weighted by Crippen LogP contribution is 2.31. The van der Waals surface area contributed by atoms with Crippen LogP contribution in [-0.2, 0) is 22.0 Å². The number of ether oxygens (including phenoxy) is 1. The van der Waals surface area contributed by atoms with E-state index < -0.39 is 22.5 Å². The van der Waals surface area contributed by atoms with Gasteiger partial charge in [0.15, 0.2) is 0 Å². The van der Waals surface area contributed by atoms with Crippen LogP contribution in [0.4, 0.5) is 4.39 Å². The summed E-state index contributed by atoms with van der Waals surface area (Å²) in [6, 6.07) is 11.2. The minimum absolute atomic E-state index is 0.0585. The summed E-state index contributed by atoms with van der Waals surface area (Å²) in [6.45, 7) is 8.74. The molecule has 3 rings (SSSR count). The molecule has 0 aliphatic heterocycles. The van der Waals surface area contributed by atoms with Crippen molar-refractivity contribution >= 4 is 33.4 Å². The van der Waals surface area contributed by atoms with E-state index in [0.717, 1.165) is 5.70 Å². The molecule has 1 aromatic heterocycles. The number of halogens is 1. The summed E-state index contributed by atoms with van der Waals surface area (Å²) >= 11 is 0. The van der Waals surface area contributed by atoms with E-state index in [9.17, 15) is 13.4 Å². The number of rotatable bonds is 8. The van der Waals surface area contributed by atoms with E-state index >= 15 is 0 Å². The van der Waals surface area contributed by atoms with E-state index in [0.29, 0.717) is 28.1 Å². The number of carbonyl (C=O) groups excluding carboxylic acids is 1. The Balaban J connectivity index is 1.78. The Hall–Kier alpha value is -3.59. The number of amidine groups is 1. The largest absolute Gasteiger partial charge is 0.456 e. The SMILES string of the molecule is CCN/C(=C\C(N)=NC(=O)Cc1ccc(Oc2ccnc3ccc(S(C)=O)cc23)cc1F)C(C)(C)C. The Morgan fingerprint density at radius 2 is 1.97 bits per heavy atom. The second-order valence-electron chi connectivity index (χ2n) is 9.24. The first-order valence-electron chi connectivity index (χ1n) is 11.5. The molecule has 3 aromatic rings. The number of nitrogens with one attached hydrogen (secondary N) is 1. The van der Waals surface area contributed by atoms with Gasteiger partial charge in [-0.3, -0.25) is 14.0 Å². The van der Waals surface area contributed by atoms with E-state index in [-0.39, 0.29) is 29.0 Å². The molecule has 1 amide bonds. The van der Waals surface area contributed by atoms with E-state index in [1.165, 1.54) is 12.1 Å². The molecule has 1 unspecified atom stereocenters. The van der Waals surface area contributed by atoms with Crippen LogP contribution in [-0.4, -0.2) is 33.7 Å². The van der Waals surface area contributed by atoms with Crippen LogP contribution in [0.25, 0.3) is 10.9 Å². The Morgan fingerprint density at radius 1 is 1.22 bits per heavy atom. The molecule has 2 aromatic carbocycles. The van der Waals surface area contributed by atoms with Crippen LogP contribution in [0.15, 0.2) is 70.3 Å². The molecular weight excluding hydrogens is 479 g/mol. The quantitative estimate of drug-likeness (QED) is 0.331. The molecule has 0 aliphatic rings. The highest BCUT2D eigenvalue weighted by atomic mass is 32.2. The number of amides is 1. The van der Waals surface area contributed by atoms with Gasteiger partial charge in [-0.15, -0.1) is 0 Å². The van der Waals surface area contributed by atoms with E-state index in [1.54, 1.807) is 48.9 Å². The Morgan fingerprint density at radius 3 is 2.61 bits per heavy atom. The number of benzene rings is 2. The minimum atomic E-state index is -1.17. The van der Waals surface area contributed by atoms with Gasteiger partial charge in [-0.1, -0.05) is 26.8 Å². The van der Waals surface area contributed by atoms with Crippen LogP contribution in [0.3, 0.4) is 0 Å². The number of fused-ring (bicyclic) bond motifs is 1. The molecule has 1 atom stereocenters. The van der Waals surface area contributed by atoms with E-state index in [4.69, 9.17) is 10.5 Å². The molecule has 0 saturated heterocycles. The van der Waals surface area contributed by atoms with Gasteiger partial charge in [0.1, 0.15) is 23.2 Å². The number of nitrogens with two attached hydrogens (primary N) is 1. The van der Waals surface area contributed by atoms with Crippen molar-refractivity contribution in [1.82, 2.24) is 10.3 Å². The second kappa shape index (κ2) is 11.4. The van der Waals surface area contributed by atoms with Crippen molar-refractivity contribution in [1.29, 1.82) is 0 Å². The fraction of sp³-hybridized carbons (Fsp3) is 0.296. The Kier molecular flexibility index (Phi) is 8.57. The zero-order valence-corrected chi connectivity index (χ0v) is 21.9. The summed E-state index contributed by atoms with van der Waals surface area (Å²) in [6.07, 6.45) is 4.57. The molecule has 1 heterocycles. The highest BCUT2D eigenvalue weighted by Gasteiger charge is 2.17. The van der Waals surface area contributed by atoms with Gasteiger partial charge in [-0.25, -0.2) is 4.39 Å². The minimum Gasteiger partial charge on any atom is -0.456 e. The topological polar surface area (TPSA) is 107 Å². The van der Waals surface area contributed by atoms with Crippen LogP contribution in [0.1, 0.15) is 33.3 Å². The van der Waals surface area contributed by atoms with Gasteiger partial charge in [0, 0.05) is 57.3 Å². The maximum Gasteiger partial charge on any atom is 0.252 e. The third-order valence-corrected chi connectivity index (χ3v) is 6.24. The molecule has 9 heteroatoms. The lowest BCUT2D eigenvalue weighted by Crippen LogP contribution is -2.27. The molecule has 0 aliphatic carbocycles.